The minimum Gasteiger partial charge on any atom is -0.378 e. The van der Waals surface area contributed by atoms with Crippen LogP contribution in [0.4, 0.5) is 39.5 Å². The van der Waals surface area contributed by atoms with Crippen LogP contribution in [0.3, 0.4) is 0 Å². The fourth-order valence-electron chi connectivity index (χ4n) is 4.08. The lowest BCUT2D eigenvalue weighted by Gasteiger charge is -2.27. The van der Waals surface area contributed by atoms with Crippen molar-refractivity contribution in [2.24, 2.45) is 0 Å². The number of ether oxygens (including phenoxy) is 1. The molecule has 1 aliphatic rings. The summed E-state index contributed by atoms with van der Waals surface area (Å²) in [5.41, 5.74) is 0.539. The van der Waals surface area contributed by atoms with Crippen molar-refractivity contribution in [3.05, 3.63) is 89.4 Å². The van der Waals surface area contributed by atoms with E-state index in [0.717, 1.165) is 36.4 Å². The zero-order valence-corrected chi connectivity index (χ0v) is 20.3. The van der Waals surface area contributed by atoms with Gasteiger partial charge in [0.2, 0.25) is 0 Å². The molecule has 12 heteroatoms. The number of morpholine rings is 1. The lowest BCUT2D eigenvalue weighted by atomic mass is 10.0. The lowest BCUT2D eigenvalue weighted by molar-refractivity contribution is -0.137. The van der Waals surface area contributed by atoms with Crippen LogP contribution in [0.1, 0.15) is 21.5 Å². The van der Waals surface area contributed by atoms with Crippen molar-refractivity contribution in [2.45, 2.75) is 6.18 Å². The van der Waals surface area contributed by atoms with Crippen molar-refractivity contribution >= 4 is 40.0 Å². The Bertz CT molecular complexity index is 1540. The van der Waals surface area contributed by atoms with Gasteiger partial charge >= 0.3 is 12.2 Å². The summed E-state index contributed by atoms with van der Waals surface area (Å²) in [5, 5.41) is 4.76. The molecule has 39 heavy (non-hydrogen) atoms. The molecule has 0 radical (unpaired) electrons. The molecule has 2 N–H and O–H groups in total. The van der Waals surface area contributed by atoms with Crippen LogP contribution in [0.15, 0.2) is 66.9 Å². The molecule has 1 saturated heterocycles. The highest BCUT2D eigenvalue weighted by atomic mass is 19.4. The Balaban J connectivity index is 1.32. The van der Waals surface area contributed by atoms with Gasteiger partial charge in [0.15, 0.2) is 5.78 Å². The van der Waals surface area contributed by atoms with Crippen LogP contribution >= 0.6 is 0 Å². The summed E-state index contributed by atoms with van der Waals surface area (Å²) in [6, 6.07) is 11.2. The molecule has 3 aromatic carbocycles. The average Bonchev–Trinajstić information content (AvgIpc) is 2.92. The van der Waals surface area contributed by atoms with Gasteiger partial charge in [0.05, 0.1) is 36.0 Å². The second kappa shape index (κ2) is 10.7. The number of halogens is 4. The highest BCUT2D eigenvalue weighted by Gasteiger charge is 2.30. The number of hydrogen-bond donors (Lipinski definition) is 2. The van der Waals surface area contributed by atoms with E-state index in [1.807, 2.05) is 4.90 Å². The largest absolute Gasteiger partial charge is 0.416 e. The number of alkyl halides is 3. The van der Waals surface area contributed by atoms with Crippen LogP contribution in [0, 0.1) is 5.82 Å². The molecule has 0 aliphatic carbocycles. The Labute approximate surface area is 219 Å². The van der Waals surface area contributed by atoms with Gasteiger partial charge in [-0.2, -0.15) is 13.2 Å². The number of carbonyl (C=O) groups is 2. The Morgan fingerprint density at radius 2 is 1.56 bits per heavy atom. The van der Waals surface area contributed by atoms with Crippen LogP contribution in [0.2, 0.25) is 0 Å². The molecular formula is C27H21F4N5O3. The first-order valence-corrected chi connectivity index (χ1v) is 11.9. The maximum atomic E-state index is 14.4. The molecule has 0 saturated carbocycles. The highest BCUT2D eigenvalue weighted by molar-refractivity contribution is 6.11. The first kappa shape index (κ1) is 26.0. The molecule has 0 unspecified atom stereocenters. The van der Waals surface area contributed by atoms with E-state index in [2.05, 4.69) is 20.6 Å². The van der Waals surface area contributed by atoms with Gasteiger partial charge in [-0.05, 0) is 60.7 Å². The van der Waals surface area contributed by atoms with Crippen LogP contribution < -0.4 is 15.5 Å². The second-order valence-corrected chi connectivity index (χ2v) is 8.74. The van der Waals surface area contributed by atoms with Crippen molar-refractivity contribution in [1.82, 2.24) is 9.97 Å². The predicted molar refractivity (Wildman–Crippen MR) is 136 cm³/mol. The number of rotatable bonds is 5. The van der Waals surface area contributed by atoms with E-state index >= 15 is 0 Å². The summed E-state index contributed by atoms with van der Waals surface area (Å²) in [7, 11) is 0. The molecule has 2 heterocycles. The molecule has 5 rings (SSSR count). The third-order valence-corrected chi connectivity index (χ3v) is 6.01. The lowest BCUT2D eigenvalue weighted by Crippen LogP contribution is -2.36. The molecular weight excluding hydrogens is 518 g/mol. The molecule has 200 valence electrons. The first-order chi connectivity index (χ1) is 18.7. The normalized spacial score (nSPS) is 13.8. The van der Waals surface area contributed by atoms with Crippen molar-refractivity contribution < 1.29 is 31.9 Å². The van der Waals surface area contributed by atoms with Gasteiger partial charge < -0.3 is 20.3 Å². The van der Waals surface area contributed by atoms with E-state index in [1.165, 1.54) is 6.07 Å². The molecule has 1 aliphatic heterocycles. The number of fused-ring (bicyclic) bond motifs is 1. The molecule has 2 amide bonds. The fraction of sp³-hybridized carbons (Fsp3) is 0.185. The molecule has 0 bridgehead atoms. The number of anilines is 3. The standard InChI is InChI=1S/C27H21F4N5O3/c28-19-11-17(12-21(14-19)34-26(38)33-20-4-2-18(3-5-20)27(29,30)31)25(37)16-1-6-22-23(13-16)35-24(15-32-22)36-7-9-39-10-8-36/h1-6,11-15H,7-10H2,(H2,33,34,38). The third-order valence-electron chi connectivity index (χ3n) is 6.01. The number of nitrogens with zero attached hydrogens (tertiary/aromatic N) is 3. The highest BCUT2D eigenvalue weighted by Crippen LogP contribution is 2.30. The summed E-state index contributed by atoms with van der Waals surface area (Å²) in [6.45, 7) is 2.50. The van der Waals surface area contributed by atoms with E-state index in [4.69, 9.17) is 4.74 Å². The predicted octanol–water partition coefficient (Wildman–Crippen LogP) is 5.50. The summed E-state index contributed by atoms with van der Waals surface area (Å²) < 4.78 is 57.9. The SMILES string of the molecule is O=C(Nc1ccc(C(F)(F)F)cc1)Nc1cc(F)cc(C(=O)c2ccc3ncc(N4CCOCC4)nc3c2)c1. The zero-order chi connectivity index (χ0) is 27.6. The number of benzene rings is 3. The van der Waals surface area contributed by atoms with Gasteiger partial charge in [-0.25, -0.2) is 14.2 Å². The van der Waals surface area contributed by atoms with Crippen molar-refractivity contribution in [3.63, 3.8) is 0 Å². The number of urea groups is 1. The van der Waals surface area contributed by atoms with Gasteiger partial charge in [0.1, 0.15) is 11.6 Å². The number of aromatic nitrogens is 2. The number of ketones is 1. The molecule has 0 spiro atoms. The maximum Gasteiger partial charge on any atom is 0.416 e. The Kier molecular flexibility index (Phi) is 7.11. The Morgan fingerprint density at radius 1 is 0.846 bits per heavy atom. The number of carbonyl (C=O) groups excluding carboxylic acids is 2. The Hall–Kier alpha value is -4.58. The van der Waals surface area contributed by atoms with Gasteiger partial charge in [-0.15, -0.1) is 0 Å². The van der Waals surface area contributed by atoms with Crippen LogP contribution in [0.25, 0.3) is 11.0 Å². The molecule has 0 atom stereocenters. The maximum absolute atomic E-state index is 14.4. The Morgan fingerprint density at radius 3 is 2.28 bits per heavy atom. The van der Waals surface area contributed by atoms with Gasteiger partial charge in [-0.3, -0.25) is 9.78 Å². The minimum absolute atomic E-state index is 0.0158. The van der Waals surface area contributed by atoms with Crippen molar-refractivity contribution in [1.29, 1.82) is 0 Å². The summed E-state index contributed by atoms with van der Waals surface area (Å²) >= 11 is 0. The molecule has 1 aromatic heterocycles. The minimum atomic E-state index is -4.51. The molecule has 4 aromatic rings. The number of nitrogens with one attached hydrogen (secondary N) is 2. The van der Waals surface area contributed by atoms with Crippen LogP contribution in [-0.4, -0.2) is 48.1 Å². The fourth-order valence-corrected chi connectivity index (χ4v) is 4.08. The van der Waals surface area contributed by atoms with Gasteiger partial charge in [0.25, 0.3) is 0 Å². The smallest absolute Gasteiger partial charge is 0.378 e. The molecule has 8 nitrogen and oxygen atoms in total. The average molecular weight is 539 g/mol. The number of hydrogen-bond acceptors (Lipinski definition) is 6. The summed E-state index contributed by atoms with van der Waals surface area (Å²) in [4.78, 5) is 36.6. The second-order valence-electron chi connectivity index (χ2n) is 8.74. The van der Waals surface area contributed by atoms with E-state index in [1.54, 1.807) is 24.4 Å². The molecule has 1 fully saturated rings. The van der Waals surface area contributed by atoms with Crippen LogP contribution in [0.5, 0.6) is 0 Å². The van der Waals surface area contributed by atoms with Crippen LogP contribution in [-0.2, 0) is 10.9 Å². The van der Waals surface area contributed by atoms with Gasteiger partial charge in [0, 0.05) is 35.6 Å². The summed E-state index contributed by atoms with van der Waals surface area (Å²) in [6.07, 6.45) is -2.84. The first-order valence-electron chi connectivity index (χ1n) is 11.9. The van der Waals surface area contributed by atoms with Crippen molar-refractivity contribution in [3.8, 4) is 0 Å². The number of amides is 2. The third kappa shape index (κ3) is 6.12. The van der Waals surface area contributed by atoms with E-state index < -0.39 is 29.4 Å². The van der Waals surface area contributed by atoms with E-state index in [-0.39, 0.29) is 22.5 Å². The van der Waals surface area contributed by atoms with E-state index in [9.17, 15) is 27.2 Å². The van der Waals surface area contributed by atoms with Crippen molar-refractivity contribution in [2.75, 3.05) is 41.8 Å². The summed E-state index contributed by atoms with van der Waals surface area (Å²) in [5.74, 6) is -0.603. The quantitative estimate of drug-likeness (QED) is 0.257. The van der Waals surface area contributed by atoms with E-state index in [0.29, 0.717) is 43.2 Å². The monoisotopic (exact) mass is 539 g/mol. The topological polar surface area (TPSA) is 96.5 Å². The van der Waals surface area contributed by atoms with Gasteiger partial charge in [-0.1, -0.05) is 0 Å². The zero-order valence-electron chi connectivity index (χ0n) is 20.3.